The molecule has 0 fully saturated rings. The Balaban J connectivity index is 1.16. The summed E-state index contributed by atoms with van der Waals surface area (Å²) in [5.74, 6) is 0.430. The van der Waals surface area contributed by atoms with Gasteiger partial charge >= 0.3 is 0 Å². The van der Waals surface area contributed by atoms with Gasteiger partial charge in [0.1, 0.15) is 5.82 Å². The molecule has 4 nitrogen and oxygen atoms in total. The molecule has 0 atom stereocenters. The largest absolute Gasteiger partial charge is 0.309 e. The summed E-state index contributed by atoms with van der Waals surface area (Å²) in [5, 5.41) is 4.58. The van der Waals surface area contributed by atoms with Gasteiger partial charge in [0.15, 0.2) is 5.82 Å². The molecule has 0 N–H and O–H groups in total. The van der Waals surface area contributed by atoms with Gasteiger partial charge in [-0.25, -0.2) is 14.4 Å². The molecular weight excluding hydrogens is 700 g/mol. The van der Waals surface area contributed by atoms with Crippen LogP contribution in [-0.2, 0) is 0 Å². The van der Waals surface area contributed by atoms with Gasteiger partial charge in [-0.15, -0.1) is 0 Å². The van der Waals surface area contributed by atoms with Gasteiger partial charge in [0.05, 0.1) is 39.1 Å². The van der Waals surface area contributed by atoms with Crippen molar-refractivity contribution in [1.29, 1.82) is 0 Å². The summed E-state index contributed by atoms with van der Waals surface area (Å²) >= 11 is 0. The van der Waals surface area contributed by atoms with E-state index in [0.717, 1.165) is 94.2 Å². The van der Waals surface area contributed by atoms with Gasteiger partial charge in [-0.3, -0.25) is 0 Å². The van der Waals surface area contributed by atoms with E-state index in [9.17, 15) is 4.39 Å². The molecule has 0 spiro atoms. The highest BCUT2D eigenvalue weighted by Crippen LogP contribution is 2.42. The Bertz CT molecular complexity index is 3220. The van der Waals surface area contributed by atoms with Crippen LogP contribution in [0.25, 0.3) is 100 Å². The first-order valence-electron chi connectivity index (χ1n) is 19.1. The molecule has 0 amide bonds. The van der Waals surface area contributed by atoms with E-state index in [-0.39, 0.29) is 5.82 Å². The van der Waals surface area contributed by atoms with Crippen LogP contribution in [0.2, 0.25) is 0 Å². The van der Waals surface area contributed by atoms with Crippen molar-refractivity contribution < 1.29 is 4.39 Å². The molecule has 0 radical (unpaired) electrons. The van der Waals surface area contributed by atoms with Crippen LogP contribution >= 0.6 is 0 Å². The number of aromatic nitrogens is 4. The normalized spacial score (nSPS) is 11.6. The molecule has 0 aliphatic rings. The minimum absolute atomic E-state index is 0.247. The lowest BCUT2D eigenvalue weighted by Gasteiger charge is -2.19. The van der Waals surface area contributed by atoms with Crippen LogP contribution in [-0.4, -0.2) is 19.1 Å². The Kier molecular flexibility index (Phi) is 7.64. The van der Waals surface area contributed by atoms with Gasteiger partial charge in [-0.05, 0) is 71.8 Å². The molecule has 11 aromatic rings. The van der Waals surface area contributed by atoms with E-state index in [4.69, 9.17) is 9.97 Å². The number of para-hydroxylation sites is 2. The predicted molar refractivity (Wildman–Crippen MR) is 232 cm³/mol. The van der Waals surface area contributed by atoms with Crippen molar-refractivity contribution in [3.63, 3.8) is 0 Å². The Morgan fingerprint density at radius 3 is 1.28 bits per heavy atom. The number of benzene rings is 8. The zero-order valence-electron chi connectivity index (χ0n) is 30.7. The fraction of sp³-hybridized carbons (Fsp3) is 0. The lowest BCUT2D eigenvalue weighted by Crippen LogP contribution is -2.06. The molecule has 3 heterocycles. The number of rotatable bonds is 6. The third kappa shape index (κ3) is 5.43. The molecule has 0 aliphatic carbocycles. The first-order valence-corrected chi connectivity index (χ1v) is 19.1. The molecule has 0 unspecified atom stereocenters. The third-order valence-electron chi connectivity index (χ3n) is 11.0. The number of fused-ring (bicyclic) bond motifs is 6. The zero-order valence-corrected chi connectivity index (χ0v) is 30.7. The lowest BCUT2D eigenvalue weighted by atomic mass is 10.0. The monoisotopic (exact) mass is 732 g/mol. The van der Waals surface area contributed by atoms with Gasteiger partial charge in [0.25, 0.3) is 0 Å². The lowest BCUT2D eigenvalue weighted by molar-refractivity contribution is 0.627. The quantitative estimate of drug-likeness (QED) is 0.171. The maximum Gasteiger partial charge on any atom is 0.160 e. The molecular formula is C52H33FN4. The van der Waals surface area contributed by atoms with Gasteiger partial charge in [-0.1, -0.05) is 140 Å². The molecule has 5 heteroatoms. The molecule has 0 aliphatic heterocycles. The first-order chi connectivity index (χ1) is 28.2. The minimum atomic E-state index is -0.247. The molecule has 0 bridgehead atoms. The molecule has 0 saturated carbocycles. The van der Waals surface area contributed by atoms with Crippen LogP contribution in [0.3, 0.4) is 0 Å². The topological polar surface area (TPSA) is 35.6 Å². The highest BCUT2D eigenvalue weighted by atomic mass is 19.1. The highest BCUT2D eigenvalue weighted by Gasteiger charge is 2.24. The van der Waals surface area contributed by atoms with E-state index in [1.807, 2.05) is 42.5 Å². The molecule has 57 heavy (non-hydrogen) atoms. The highest BCUT2D eigenvalue weighted by molar-refractivity contribution is 6.13. The van der Waals surface area contributed by atoms with Crippen LogP contribution in [0.15, 0.2) is 200 Å². The van der Waals surface area contributed by atoms with Crippen molar-refractivity contribution in [1.82, 2.24) is 19.1 Å². The average molecular weight is 733 g/mol. The summed E-state index contributed by atoms with van der Waals surface area (Å²) in [5.41, 5.74) is 13.1. The van der Waals surface area contributed by atoms with Gasteiger partial charge < -0.3 is 9.13 Å². The number of hydrogen-bond donors (Lipinski definition) is 0. The van der Waals surface area contributed by atoms with Crippen molar-refractivity contribution in [3.05, 3.63) is 206 Å². The van der Waals surface area contributed by atoms with E-state index < -0.39 is 0 Å². The SMILES string of the molecule is Fc1ccc(-n2c3ccccc3c3cc(-c4ccc5c(c4)c4ccccc4n5-c4c(-c5ccccc5)nc(-c5ccccc5)nc4-c4ccccc4)ccc32)cc1. The summed E-state index contributed by atoms with van der Waals surface area (Å²) in [4.78, 5) is 10.7. The van der Waals surface area contributed by atoms with Gasteiger partial charge in [0.2, 0.25) is 0 Å². The fourth-order valence-electron chi connectivity index (χ4n) is 8.39. The van der Waals surface area contributed by atoms with Crippen LogP contribution in [0, 0.1) is 5.82 Å². The van der Waals surface area contributed by atoms with Crippen molar-refractivity contribution in [3.8, 4) is 56.4 Å². The first kappa shape index (κ1) is 32.8. The van der Waals surface area contributed by atoms with Crippen LogP contribution in [0.1, 0.15) is 0 Å². The number of hydrogen-bond acceptors (Lipinski definition) is 2. The molecule has 11 rings (SSSR count). The minimum Gasteiger partial charge on any atom is -0.309 e. The van der Waals surface area contributed by atoms with Crippen molar-refractivity contribution in [2.75, 3.05) is 0 Å². The molecule has 268 valence electrons. The molecule has 3 aromatic heterocycles. The van der Waals surface area contributed by atoms with Crippen molar-refractivity contribution in [2.45, 2.75) is 0 Å². The Morgan fingerprint density at radius 1 is 0.333 bits per heavy atom. The molecule has 0 saturated heterocycles. The van der Waals surface area contributed by atoms with E-state index in [1.54, 1.807) is 0 Å². The van der Waals surface area contributed by atoms with E-state index in [2.05, 4.69) is 155 Å². The van der Waals surface area contributed by atoms with Crippen molar-refractivity contribution >= 4 is 43.6 Å². The van der Waals surface area contributed by atoms with E-state index in [1.165, 1.54) is 12.1 Å². The van der Waals surface area contributed by atoms with Gasteiger partial charge in [0, 0.05) is 43.9 Å². The Hall–Kier alpha value is -7.63. The van der Waals surface area contributed by atoms with E-state index >= 15 is 0 Å². The van der Waals surface area contributed by atoms with Crippen LogP contribution in [0.4, 0.5) is 4.39 Å². The summed E-state index contributed by atoms with van der Waals surface area (Å²) in [6.07, 6.45) is 0. The standard InChI is InChI=1S/C52H33FN4/c53-39-26-28-40(29-27-39)56-45-22-12-10-20-41(45)43-32-37(24-30-47(43)56)38-25-31-48-44(33-38)42-21-11-13-23-46(42)57(48)51-49(34-14-4-1-5-15-34)54-52(36-18-8-3-9-19-36)55-50(51)35-16-6-2-7-17-35/h1-33H. The summed E-state index contributed by atoms with van der Waals surface area (Å²) in [6, 6.07) is 68.3. The maximum atomic E-state index is 14.0. The number of nitrogens with zero attached hydrogens (tertiary/aromatic N) is 4. The van der Waals surface area contributed by atoms with E-state index in [0.29, 0.717) is 5.82 Å². The second-order valence-electron chi connectivity index (χ2n) is 14.3. The Labute approximate surface area is 328 Å². The second kappa shape index (κ2) is 13.3. The fourth-order valence-corrected chi connectivity index (χ4v) is 8.39. The maximum absolute atomic E-state index is 14.0. The van der Waals surface area contributed by atoms with Crippen LogP contribution in [0.5, 0.6) is 0 Å². The summed E-state index contributed by atoms with van der Waals surface area (Å²) < 4.78 is 18.5. The number of halogens is 1. The predicted octanol–water partition coefficient (Wildman–Crippen LogP) is 13.5. The summed E-state index contributed by atoms with van der Waals surface area (Å²) in [6.45, 7) is 0. The van der Waals surface area contributed by atoms with Crippen molar-refractivity contribution in [2.24, 2.45) is 0 Å². The van der Waals surface area contributed by atoms with Crippen LogP contribution < -0.4 is 0 Å². The summed E-state index contributed by atoms with van der Waals surface area (Å²) in [7, 11) is 0. The Morgan fingerprint density at radius 2 is 0.754 bits per heavy atom. The third-order valence-corrected chi connectivity index (χ3v) is 11.0. The average Bonchev–Trinajstić information content (AvgIpc) is 3.79. The van der Waals surface area contributed by atoms with Gasteiger partial charge in [-0.2, -0.15) is 0 Å². The second-order valence-corrected chi connectivity index (χ2v) is 14.3. The zero-order chi connectivity index (χ0) is 37.9. The smallest absolute Gasteiger partial charge is 0.160 e. The molecule has 8 aromatic carbocycles.